The standard InChI is InChI=1S/C17H21N3O2/c1-22-15-4-2-3-13(11-15)5-8-17(21)19-14-6-7-16-18-9-10-20(16)12-14/h2-4,9-11,14H,5-8,12H2,1H3,(H,19,21)/t14-/m0/s1. The molecule has 0 saturated carbocycles. The van der Waals surface area contributed by atoms with Crippen molar-refractivity contribution in [3.63, 3.8) is 0 Å². The van der Waals surface area contributed by atoms with Gasteiger partial charge in [-0.05, 0) is 30.5 Å². The first-order chi connectivity index (χ1) is 10.7. The Labute approximate surface area is 130 Å². The maximum absolute atomic E-state index is 12.1. The Kier molecular flexibility index (Phi) is 4.42. The van der Waals surface area contributed by atoms with Crippen molar-refractivity contribution >= 4 is 5.91 Å². The molecule has 0 bridgehead atoms. The summed E-state index contributed by atoms with van der Waals surface area (Å²) in [6.07, 6.45) is 6.91. The van der Waals surface area contributed by atoms with E-state index in [1.54, 1.807) is 7.11 Å². The summed E-state index contributed by atoms with van der Waals surface area (Å²) >= 11 is 0. The number of imidazole rings is 1. The number of benzene rings is 1. The number of aryl methyl sites for hydroxylation is 2. The van der Waals surface area contributed by atoms with E-state index in [1.807, 2.05) is 36.7 Å². The van der Waals surface area contributed by atoms with Crippen LogP contribution < -0.4 is 10.1 Å². The molecule has 0 unspecified atom stereocenters. The summed E-state index contributed by atoms with van der Waals surface area (Å²) in [6.45, 7) is 0.820. The number of fused-ring (bicyclic) bond motifs is 1. The Morgan fingerprint density at radius 2 is 2.41 bits per heavy atom. The normalized spacial score (nSPS) is 16.9. The van der Waals surface area contributed by atoms with Gasteiger partial charge in [0.25, 0.3) is 0 Å². The number of aromatic nitrogens is 2. The summed E-state index contributed by atoms with van der Waals surface area (Å²) in [4.78, 5) is 16.4. The maximum atomic E-state index is 12.1. The number of carbonyl (C=O) groups is 1. The van der Waals surface area contributed by atoms with Crippen LogP contribution in [0.15, 0.2) is 36.7 Å². The highest BCUT2D eigenvalue weighted by molar-refractivity contribution is 5.76. The maximum Gasteiger partial charge on any atom is 0.220 e. The third kappa shape index (κ3) is 3.47. The molecule has 0 radical (unpaired) electrons. The average Bonchev–Trinajstić information content (AvgIpc) is 3.01. The predicted molar refractivity (Wildman–Crippen MR) is 83.8 cm³/mol. The van der Waals surface area contributed by atoms with Crippen molar-refractivity contribution in [1.82, 2.24) is 14.9 Å². The van der Waals surface area contributed by atoms with Crippen LogP contribution in [0, 0.1) is 0 Å². The number of ether oxygens (including phenoxy) is 1. The van der Waals surface area contributed by atoms with Gasteiger partial charge in [-0.3, -0.25) is 4.79 Å². The van der Waals surface area contributed by atoms with E-state index >= 15 is 0 Å². The predicted octanol–water partition coefficient (Wildman–Crippen LogP) is 1.96. The number of nitrogens with zero attached hydrogens (tertiary/aromatic N) is 2. The molecule has 5 heteroatoms. The second-order valence-electron chi connectivity index (χ2n) is 5.65. The highest BCUT2D eigenvalue weighted by atomic mass is 16.5. The molecule has 116 valence electrons. The molecule has 22 heavy (non-hydrogen) atoms. The molecule has 2 heterocycles. The number of methoxy groups -OCH3 is 1. The summed E-state index contributed by atoms with van der Waals surface area (Å²) in [7, 11) is 1.65. The van der Waals surface area contributed by atoms with E-state index in [-0.39, 0.29) is 11.9 Å². The second kappa shape index (κ2) is 6.64. The van der Waals surface area contributed by atoms with Gasteiger partial charge in [0, 0.05) is 37.8 Å². The van der Waals surface area contributed by atoms with Crippen molar-refractivity contribution in [3.8, 4) is 5.75 Å². The van der Waals surface area contributed by atoms with E-state index in [9.17, 15) is 4.79 Å². The minimum atomic E-state index is 0.108. The molecule has 1 amide bonds. The molecular weight excluding hydrogens is 278 g/mol. The molecule has 1 atom stereocenters. The van der Waals surface area contributed by atoms with Gasteiger partial charge in [-0.2, -0.15) is 0 Å². The lowest BCUT2D eigenvalue weighted by Gasteiger charge is -2.24. The SMILES string of the molecule is COc1cccc(CCC(=O)N[C@H]2CCc3nccn3C2)c1. The fraction of sp³-hybridized carbons (Fsp3) is 0.412. The number of nitrogens with one attached hydrogen (secondary N) is 1. The van der Waals surface area contributed by atoms with Crippen LogP contribution >= 0.6 is 0 Å². The number of rotatable bonds is 5. The van der Waals surface area contributed by atoms with E-state index < -0.39 is 0 Å². The minimum absolute atomic E-state index is 0.108. The lowest BCUT2D eigenvalue weighted by Crippen LogP contribution is -2.40. The van der Waals surface area contributed by atoms with Crippen LogP contribution in [0.4, 0.5) is 0 Å². The lowest BCUT2D eigenvalue weighted by molar-refractivity contribution is -0.122. The molecule has 5 nitrogen and oxygen atoms in total. The van der Waals surface area contributed by atoms with Crippen LogP contribution in [0.5, 0.6) is 5.75 Å². The van der Waals surface area contributed by atoms with E-state index in [0.717, 1.165) is 42.9 Å². The zero-order valence-corrected chi connectivity index (χ0v) is 12.8. The second-order valence-corrected chi connectivity index (χ2v) is 5.65. The monoisotopic (exact) mass is 299 g/mol. The Morgan fingerprint density at radius 3 is 3.27 bits per heavy atom. The molecule has 0 spiro atoms. The van der Waals surface area contributed by atoms with Crippen LogP contribution in [-0.4, -0.2) is 28.6 Å². The first kappa shape index (κ1) is 14.6. The number of amides is 1. The summed E-state index contributed by atoms with van der Waals surface area (Å²) in [6, 6.07) is 8.07. The molecule has 0 aliphatic carbocycles. The highest BCUT2D eigenvalue weighted by Gasteiger charge is 2.20. The van der Waals surface area contributed by atoms with Crippen LogP contribution in [0.3, 0.4) is 0 Å². The molecule has 0 saturated heterocycles. The molecule has 0 fully saturated rings. The highest BCUT2D eigenvalue weighted by Crippen LogP contribution is 2.15. The fourth-order valence-electron chi connectivity index (χ4n) is 2.87. The van der Waals surface area contributed by atoms with Gasteiger partial charge in [-0.15, -0.1) is 0 Å². The molecule has 1 aromatic heterocycles. The molecule has 1 N–H and O–H groups in total. The van der Waals surface area contributed by atoms with Crippen LogP contribution in [-0.2, 0) is 24.2 Å². The lowest BCUT2D eigenvalue weighted by atomic mass is 10.1. The fourth-order valence-corrected chi connectivity index (χ4v) is 2.87. The van der Waals surface area contributed by atoms with E-state index in [2.05, 4.69) is 14.9 Å². The largest absolute Gasteiger partial charge is 0.497 e. The molecule has 1 aliphatic heterocycles. The number of hydrogen-bond donors (Lipinski definition) is 1. The summed E-state index contributed by atoms with van der Waals surface area (Å²) < 4.78 is 7.32. The Bertz CT molecular complexity index is 651. The van der Waals surface area contributed by atoms with Crippen molar-refractivity contribution < 1.29 is 9.53 Å². The van der Waals surface area contributed by atoms with Gasteiger partial charge in [-0.25, -0.2) is 4.98 Å². The van der Waals surface area contributed by atoms with Gasteiger partial charge in [0.15, 0.2) is 0 Å². The first-order valence-electron chi connectivity index (χ1n) is 7.67. The Balaban J connectivity index is 1.49. The minimum Gasteiger partial charge on any atom is -0.497 e. The summed E-state index contributed by atoms with van der Waals surface area (Å²) in [5.41, 5.74) is 1.12. The van der Waals surface area contributed by atoms with Gasteiger partial charge in [-0.1, -0.05) is 12.1 Å². The third-order valence-corrected chi connectivity index (χ3v) is 4.08. The van der Waals surface area contributed by atoms with Crippen LogP contribution in [0.25, 0.3) is 0 Å². The summed E-state index contributed by atoms with van der Waals surface area (Å²) in [5.74, 6) is 2.05. The summed E-state index contributed by atoms with van der Waals surface area (Å²) in [5, 5.41) is 3.13. The zero-order chi connectivity index (χ0) is 15.4. The third-order valence-electron chi connectivity index (χ3n) is 4.08. The topological polar surface area (TPSA) is 56.1 Å². The van der Waals surface area contributed by atoms with Crippen molar-refractivity contribution in [1.29, 1.82) is 0 Å². The van der Waals surface area contributed by atoms with Gasteiger partial charge in [0.05, 0.1) is 7.11 Å². The smallest absolute Gasteiger partial charge is 0.220 e. The Morgan fingerprint density at radius 1 is 1.50 bits per heavy atom. The van der Waals surface area contributed by atoms with Crippen molar-refractivity contribution in [2.75, 3.05) is 7.11 Å². The van der Waals surface area contributed by atoms with Gasteiger partial charge in [0.2, 0.25) is 5.91 Å². The number of hydrogen-bond acceptors (Lipinski definition) is 3. The number of carbonyl (C=O) groups excluding carboxylic acids is 1. The van der Waals surface area contributed by atoms with E-state index in [4.69, 9.17) is 4.74 Å². The average molecular weight is 299 g/mol. The van der Waals surface area contributed by atoms with E-state index in [1.165, 1.54) is 0 Å². The molecular formula is C17H21N3O2. The van der Waals surface area contributed by atoms with Crippen molar-refractivity contribution in [2.24, 2.45) is 0 Å². The van der Waals surface area contributed by atoms with Gasteiger partial charge < -0.3 is 14.6 Å². The molecule has 1 aromatic carbocycles. The zero-order valence-electron chi connectivity index (χ0n) is 12.8. The quantitative estimate of drug-likeness (QED) is 0.918. The molecule has 1 aliphatic rings. The van der Waals surface area contributed by atoms with Crippen LogP contribution in [0.2, 0.25) is 0 Å². The molecule has 2 aromatic rings. The van der Waals surface area contributed by atoms with Gasteiger partial charge in [0.1, 0.15) is 11.6 Å². The van der Waals surface area contributed by atoms with E-state index in [0.29, 0.717) is 6.42 Å². The molecule has 3 rings (SSSR count). The van der Waals surface area contributed by atoms with Crippen molar-refractivity contribution in [3.05, 3.63) is 48.0 Å². The van der Waals surface area contributed by atoms with Crippen LogP contribution in [0.1, 0.15) is 24.2 Å². The van der Waals surface area contributed by atoms with Crippen molar-refractivity contribution in [2.45, 2.75) is 38.3 Å². The van der Waals surface area contributed by atoms with Gasteiger partial charge >= 0.3 is 0 Å². The Hall–Kier alpha value is -2.30. The first-order valence-corrected chi connectivity index (χ1v) is 7.67.